The molecule has 1 saturated carbocycles. The van der Waals surface area contributed by atoms with Gasteiger partial charge in [-0.05, 0) is 30.2 Å². The minimum Gasteiger partial charge on any atom is -0.355 e. The quantitative estimate of drug-likeness (QED) is 0.844. The lowest BCUT2D eigenvalue weighted by atomic mass is 9.65. The van der Waals surface area contributed by atoms with Crippen LogP contribution in [0.1, 0.15) is 24.8 Å². The molecule has 2 N–H and O–H groups in total. The van der Waals surface area contributed by atoms with Crippen molar-refractivity contribution in [2.75, 3.05) is 19.6 Å². The molecule has 3 heteroatoms. The fourth-order valence-electron chi connectivity index (χ4n) is 3.01. The average molecular weight is 258 g/mol. The summed E-state index contributed by atoms with van der Waals surface area (Å²) < 4.78 is 0. The number of benzene rings is 1. The molecule has 1 aliphatic carbocycles. The minimum atomic E-state index is 0.203. The van der Waals surface area contributed by atoms with Crippen LogP contribution in [0.4, 0.5) is 0 Å². The number of amides is 1. The van der Waals surface area contributed by atoms with Gasteiger partial charge in [0.15, 0.2) is 0 Å². The Morgan fingerprint density at radius 3 is 2.53 bits per heavy atom. The molecule has 1 aromatic rings. The Kier molecular flexibility index (Phi) is 3.56. The molecule has 1 amide bonds. The van der Waals surface area contributed by atoms with Crippen LogP contribution in [0.3, 0.4) is 0 Å². The van der Waals surface area contributed by atoms with Crippen molar-refractivity contribution in [2.45, 2.75) is 25.7 Å². The summed E-state index contributed by atoms with van der Waals surface area (Å²) in [5, 5.41) is 6.31. The predicted molar refractivity (Wildman–Crippen MR) is 75.8 cm³/mol. The lowest BCUT2D eigenvalue weighted by Crippen LogP contribution is -2.53. The van der Waals surface area contributed by atoms with Crippen LogP contribution < -0.4 is 10.6 Å². The number of rotatable bonds is 5. The molecular weight excluding hydrogens is 236 g/mol. The number of hydrogen-bond donors (Lipinski definition) is 2. The highest BCUT2D eigenvalue weighted by molar-refractivity contribution is 5.80. The van der Waals surface area contributed by atoms with Gasteiger partial charge in [-0.15, -0.1) is 0 Å². The van der Waals surface area contributed by atoms with Gasteiger partial charge in [0.1, 0.15) is 0 Å². The van der Waals surface area contributed by atoms with Crippen molar-refractivity contribution in [3.63, 3.8) is 0 Å². The van der Waals surface area contributed by atoms with Crippen LogP contribution in [-0.2, 0) is 11.2 Å². The van der Waals surface area contributed by atoms with E-state index in [-0.39, 0.29) is 11.8 Å². The maximum absolute atomic E-state index is 11.9. The maximum atomic E-state index is 11.9. The zero-order valence-corrected chi connectivity index (χ0v) is 11.3. The molecule has 1 saturated heterocycles. The molecule has 102 valence electrons. The third kappa shape index (κ3) is 2.81. The SMILES string of the molecule is O=C(NCC1(Cc2ccccc2)CCC1)C1CNC1. The molecule has 3 nitrogen and oxygen atoms in total. The summed E-state index contributed by atoms with van der Waals surface area (Å²) in [6.45, 7) is 2.53. The summed E-state index contributed by atoms with van der Waals surface area (Å²) >= 11 is 0. The van der Waals surface area contributed by atoms with Crippen LogP contribution >= 0.6 is 0 Å². The van der Waals surface area contributed by atoms with E-state index in [1.54, 1.807) is 0 Å². The summed E-state index contributed by atoms with van der Waals surface area (Å²) in [7, 11) is 0. The average Bonchev–Trinajstić information content (AvgIpc) is 2.31. The summed E-state index contributed by atoms with van der Waals surface area (Å²) in [6, 6.07) is 10.6. The van der Waals surface area contributed by atoms with Crippen molar-refractivity contribution < 1.29 is 4.79 Å². The first-order valence-electron chi connectivity index (χ1n) is 7.30. The van der Waals surface area contributed by atoms with Crippen LogP contribution in [-0.4, -0.2) is 25.5 Å². The Bertz CT molecular complexity index is 435. The van der Waals surface area contributed by atoms with Crippen LogP contribution in [0.25, 0.3) is 0 Å². The molecule has 3 rings (SSSR count). The van der Waals surface area contributed by atoms with Crippen molar-refractivity contribution in [1.29, 1.82) is 0 Å². The molecule has 0 unspecified atom stereocenters. The van der Waals surface area contributed by atoms with Crippen LogP contribution in [0.2, 0.25) is 0 Å². The Labute approximate surface area is 114 Å². The zero-order valence-electron chi connectivity index (χ0n) is 11.3. The Hall–Kier alpha value is -1.35. The fraction of sp³-hybridized carbons (Fsp3) is 0.562. The Morgan fingerprint density at radius 2 is 2.00 bits per heavy atom. The molecule has 0 bridgehead atoms. The highest BCUT2D eigenvalue weighted by atomic mass is 16.2. The topological polar surface area (TPSA) is 41.1 Å². The van der Waals surface area contributed by atoms with E-state index >= 15 is 0 Å². The van der Waals surface area contributed by atoms with E-state index in [1.165, 1.54) is 24.8 Å². The van der Waals surface area contributed by atoms with Crippen molar-refractivity contribution in [3.05, 3.63) is 35.9 Å². The molecule has 1 aliphatic heterocycles. The number of hydrogen-bond acceptors (Lipinski definition) is 2. The predicted octanol–water partition coefficient (Wildman–Crippen LogP) is 1.73. The summed E-state index contributed by atoms with van der Waals surface area (Å²) in [6.07, 6.45) is 4.88. The van der Waals surface area contributed by atoms with E-state index in [0.717, 1.165) is 26.1 Å². The third-order valence-electron chi connectivity index (χ3n) is 4.63. The molecule has 2 aliphatic rings. The van der Waals surface area contributed by atoms with Crippen molar-refractivity contribution >= 4 is 5.91 Å². The van der Waals surface area contributed by atoms with E-state index in [9.17, 15) is 4.79 Å². The molecule has 0 spiro atoms. The van der Waals surface area contributed by atoms with E-state index in [2.05, 4.69) is 41.0 Å². The standard InChI is InChI=1S/C16H22N2O/c19-15(14-10-17-11-14)18-12-16(7-4-8-16)9-13-5-2-1-3-6-13/h1-3,5-6,14,17H,4,7-12H2,(H,18,19). The van der Waals surface area contributed by atoms with Gasteiger partial charge in [-0.1, -0.05) is 36.8 Å². The summed E-state index contributed by atoms with van der Waals surface area (Å²) in [5.41, 5.74) is 1.70. The molecular formula is C16H22N2O. The van der Waals surface area contributed by atoms with Crippen molar-refractivity contribution in [2.24, 2.45) is 11.3 Å². The van der Waals surface area contributed by atoms with Gasteiger partial charge in [-0.25, -0.2) is 0 Å². The lowest BCUT2D eigenvalue weighted by Gasteiger charge is -2.43. The van der Waals surface area contributed by atoms with Crippen LogP contribution in [0.5, 0.6) is 0 Å². The first kappa shape index (κ1) is 12.7. The molecule has 19 heavy (non-hydrogen) atoms. The minimum absolute atomic E-state index is 0.203. The van der Waals surface area contributed by atoms with Gasteiger partial charge in [-0.2, -0.15) is 0 Å². The zero-order chi connectivity index (χ0) is 13.1. The molecule has 0 atom stereocenters. The highest BCUT2D eigenvalue weighted by Gasteiger charge is 2.38. The van der Waals surface area contributed by atoms with Gasteiger partial charge in [0.25, 0.3) is 0 Å². The van der Waals surface area contributed by atoms with Gasteiger partial charge in [0, 0.05) is 19.6 Å². The first-order valence-corrected chi connectivity index (χ1v) is 7.30. The second-order valence-electron chi connectivity index (χ2n) is 6.09. The van der Waals surface area contributed by atoms with Gasteiger partial charge in [0.05, 0.1) is 5.92 Å². The second-order valence-corrected chi connectivity index (χ2v) is 6.09. The summed E-state index contributed by atoms with van der Waals surface area (Å²) in [4.78, 5) is 11.9. The monoisotopic (exact) mass is 258 g/mol. The number of carbonyl (C=O) groups is 1. The highest BCUT2D eigenvalue weighted by Crippen LogP contribution is 2.43. The van der Waals surface area contributed by atoms with Crippen molar-refractivity contribution in [3.8, 4) is 0 Å². The van der Waals surface area contributed by atoms with Gasteiger partial charge in [0.2, 0.25) is 5.91 Å². The molecule has 2 fully saturated rings. The fourth-order valence-corrected chi connectivity index (χ4v) is 3.01. The van der Waals surface area contributed by atoms with Gasteiger partial charge < -0.3 is 10.6 Å². The van der Waals surface area contributed by atoms with Gasteiger partial charge >= 0.3 is 0 Å². The van der Waals surface area contributed by atoms with Crippen LogP contribution in [0, 0.1) is 11.3 Å². The number of nitrogens with one attached hydrogen (secondary N) is 2. The third-order valence-corrected chi connectivity index (χ3v) is 4.63. The van der Waals surface area contributed by atoms with Gasteiger partial charge in [-0.3, -0.25) is 4.79 Å². The van der Waals surface area contributed by atoms with Crippen LogP contribution in [0.15, 0.2) is 30.3 Å². The second kappa shape index (κ2) is 5.33. The summed E-state index contributed by atoms with van der Waals surface area (Å²) in [5.74, 6) is 0.437. The molecule has 1 aromatic carbocycles. The molecule has 0 radical (unpaired) electrons. The Balaban J connectivity index is 1.55. The normalized spacial score (nSPS) is 21.3. The van der Waals surface area contributed by atoms with E-state index in [4.69, 9.17) is 0 Å². The van der Waals surface area contributed by atoms with E-state index < -0.39 is 0 Å². The van der Waals surface area contributed by atoms with E-state index in [0.29, 0.717) is 5.41 Å². The van der Waals surface area contributed by atoms with Crippen molar-refractivity contribution in [1.82, 2.24) is 10.6 Å². The Morgan fingerprint density at radius 1 is 1.26 bits per heavy atom. The first-order chi connectivity index (χ1) is 9.27. The smallest absolute Gasteiger partial charge is 0.225 e. The van der Waals surface area contributed by atoms with E-state index in [1.807, 2.05) is 0 Å². The largest absolute Gasteiger partial charge is 0.355 e. The molecule has 1 heterocycles. The lowest BCUT2D eigenvalue weighted by molar-refractivity contribution is -0.127. The maximum Gasteiger partial charge on any atom is 0.225 e. The molecule has 0 aromatic heterocycles. The number of carbonyl (C=O) groups excluding carboxylic acids is 1.